The standard InChI is InChI=1S/C19H28N4O5/c1-3-11(2)16(21)18(26)22-13(9-12-7-5-4-6-8-12)17(25)23-14(19(27)28)10-15(20)24/h4-8,11,13-14,16H,3,9-10,21H2,1-2H3,(H2,20,24)(H,22,26)(H,23,25)(H,27,28). The number of nitrogens with two attached hydrogens (primary N) is 2. The number of rotatable bonds is 11. The lowest BCUT2D eigenvalue weighted by molar-refractivity contribution is -0.143. The molecule has 28 heavy (non-hydrogen) atoms. The molecule has 0 heterocycles. The summed E-state index contributed by atoms with van der Waals surface area (Å²) < 4.78 is 0. The molecule has 0 aliphatic rings. The number of nitrogens with one attached hydrogen (secondary N) is 2. The fourth-order valence-electron chi connectivity index (χ4n) is 2.51. The van der Waals surface area contributed by atoms with Crippen molar-refractivity contribution in [3.63, 3.8) is 0 Å². The normalized spacial score (nSPS) is 15.0. The van der Waals surface area contributed by atoms with Crippen molar-refractivity contribution in [2.75, 3.05) is 0 Å². The molecule has 154 valence electrons. The Kier molecular flexibility index (Phi) is 9.10. The van der Waals surface area contributed by atoms with E-state index >= 15 is 0 Å². The summed E-state index contributed by atoms with van der Waals surface area (Å²) in [6, 6.07) is 5.58. The molecule has 3 amide bonds. The molecular formula is C19H28N4O5. The van der Waals surface area contributed by atoms with E-state index in [2.05, 4.69) is 10.6 Å². The third-order valence-corrected chi connectivity index (χ3v) is 4.50. The largest absolute Gasteiger partial charge is 0.480 e. The molecule has 9 nitrogen and oxygen atoms in total. The van der Waals surface area contributed by atoms with Crippen LogP contribution in [-0.2, 0) is 25.6 Å². The van der Waals surface area contributed by atoms with E-state index in [4.69, 9.17) is 11.5 Å². The van der Waals surface area contributed by atoms with Gasteiger partial charge in [-0.15, -0.1) is 0 Å². The molecule has 0 saturated heterocycles. The topological polar surface area (TPSA) is 165 Å². The highest BCUT2D eigenvalue weighted by Crippen LogP contribution is 2.08. The molecule has 4 atom stereocenters. The van der Waals surface area contributed by atoms with Crippen LogP contribution in [0.5, 0.6) is 0 Å². The Hall–Kier alpha value is -2.94. The van der Waals surface area contributed by atoms with Crippen molar-refractivity contribution in [1.29, 1.82) is 0 Å². The Balaban J connectivity index is 2.98. The summed E-state index contributed by atoms with van der Waals surface area (Å²) in [6.07, 6.45) is 0.262. The molecule has 1 rings (SSSR count). The van der Waals surface area contributed by atoms with Gasteiger partial charge in [0.05, 0.1) is 12.5 Å². The average molecular weight is 392 g/mol. The molecule has 0 aromatic heterocycles. The molecule has 7 N–H and O–H groups in total. The van der Waals surface area contributed by atoms with Crippen LogP contribution in [0.4, 0.5) is 0 Å². The third kappa shape index (κ3) is 7.36. The highest BCUT2D eigenvalue weighted by Gasteiger charge is 2.30. The molecule has 0 bridgehead atoms. The lowest BCUT2D eigenvalue weighted by atomic mass is 9.98. The highest BCUT2D eigenvalue weighted by atomic mass is 16.4. The van der Waals surface area contributed by atoms with Crippen molar-refractivity contribution in [3.05, 3.63) is 35.9 Å². The van der Waals surface area contributed by atoms with Gasteiger partial charge in [-0.25, -0.2) is 4.79 Å². The van der Waals surface area contributed by atoms with E-state index in [1.54, 1.807) is 24.3 Å². The fourth-order valence-corrected chi connectivity index (χ4v) is 2.51. The molecule has 0 fully saturated rings. The van der Waals surface area contributed by atoms with Crippen LogP contribution in [0.3, 0.4) is 0 Å². The van der Waals surface area contributed by atoms with Gasteiger partial charge >= 0.3 is 5.97 Å². The number of carboxylic acids is 1. The minimum absolute atomic E-state index is 0.0953. The quantitative estimate of drug-likeness (QED) is 0.342. The Morgan fingerprint density at radius 2 is 1.61 bits per heavy atom. The molecule has 0 aliphatic heterocycles. The van der Waals surface area contributed by atoms with E-state index < -0.39 is 48.2 Å². The summed E-state index contributed by atoms with van der Waals surface area (Å²) in [6.45, 7) is 3.72. The van der Waals surface area contributed by atoms with Crippen LogP contribution in [0.25, 0.3) is 0 Å². The number of aliphatic carboxylic acids is 1. The SMILES string of the molecule is CCC(C)C(N)C(=O)NC(Cc1ccccc1)C(=O)NC(CC(N)=O)C(=O)O. The first kappa shape index (κ1) is 23.1. The number of carbonyl (C=O) groups is 4. The van der Waals surface area contributed by atoms with Crippen LogP contribution >= 0.6 is 0 Å². The van der Waals surface area contributed by atoms with Crippen molar-refractivity contribution in [1.82, 2.24) is 10.6 Å². The molecule has 4 unspecified atom stereocenters. The van der Waals surface area contributed by atoms with Crippen LogP contribution in [0.1, 0.15) is 32.3 Å². The van der Waals surface area contributed by atoms with Gasteiger partial charge in [-0.05, 0) is 11.5 Å². The second-order valence-electron chi connectivity index (χ2n) is 6.73. The Bertz CT molecular complexity index is 695. The van der Waals surface area contributed by atoms with E-state index in [1.807, 2.05) is 19.9 Å². The highest BCUT2D eigenvalue weighted by molar-refractivity contribution is 5.93. The first-order valence-electron chi connectivity index (χ1n) is 9.07. The van der Waals surface area contributed by atoms with Gasteiger partial charge < -0.3 is 27.2 Å². The van der Waals surface area contributed by atoms with Crippen molar-refractivity contribution in [2.24, 2.45) is 17.4 Å². The summed E-state index contributed by atoms with van der Waals surface area (Å²) >= 11 is 0. The lowest BCUT2D eigenvalue weighted by Gasteiger charge is -2.24. The van der Waals surface area contributed by atoms with Gasteiger partial charge in [-0.2, -0.15) is 0 Å². The predicted molar refractivity (Wildman–Crippen MR) is 103 cm³/mol. The van der Waals surface area contributed by atoms with Crippen LogP contribution in [0.15, 0.2) is 30.3 Å². The lowest BCUT2D eigenvalue weighted by Crippen LogP contribution is -2.56. The van der Waals surface area contributed by atoms with Gasteiger partial charge in [0, 0.05) is 6.42 Å². The second-order valence-corrected chi connectivity index (χ2v) is 6.73. The number of hydrogen-bond acceptors (Lipinski definition) is 5. The molecule has 1 aromatic carbocycles. The monoisotopic (exact) mass is 392 g/mol. The van der Waals surface area contributed by atoms with Gasteiger partial charge in [0.1, 0.15) is 12.1 Å². The average Bonchev–Trinajstić information content (AvgIpc) is 2.65. The number of carbonyl (C=O) groups excluding carboxylic acids is 3. The number of primary amides is 1. The summed E-state index contributed by atoms with van der Waals surface area (Å²) in [7, 11) is 0. The zero-order valence-corrected chi connectivity index (χ0v) is 16.1. The zero-order valence-electron chi connectivity index (χ0n) is 16.1. The molecule has 0 aliphatic carbocycles. The Labute approximate surface area is 163 Å². The molecule has 9 heteroatoms. The van der Waals surface area contributed by atoms with E-state index in [1.165, 1.54) is 0 Å². The second kappa shape index (κ2) is 11.0. The maximum atomic E-state index is 12.7. The number of benzene rings is 1. The Morgan fingerprint density at radius 3 is 2.11 bits per heavy atom. The van der Waals surface area contributed by atoms with Gasteiger partial charge in [-0.3, -0.25) is 14.4 Å². The fraction of sp³-hybridized carbons (Fsp3) is 0.474. The van der Waals surface area contributed by atoms with Crippen molar-refractivity contribution >= 4 is 23.7 Å². The first-order valence-corrected chi connectivity index (χ1v) is 9.07. The molecule has 0 radical (unpaired) electrons. The maximum Gasteiger partial charge on any atom is 0.326 e. The summed E-state index contributed by atoms with van der Waals surface area (Å²) in [5.74, 6) is -3.60. The van der Waals surface area contributed by atoms with E-state index in [0.29, 0.717) is 6.42 Å². The van der Waals surface area contributed by atoms with Crippen molar-refractivity contribution in [2.45, 2.75) is 51.2 Å². The van der Waals surface area contributed by atoms with Gasteiger partial charge in [0.2, 0.25) is 17.7 Å². The third-order valence-electron chi connectivity index (χ3n) is 4.50. The van der Waals surface area contributed by atoms with E-state index in [-0.39, 0.29) is 12.3 Å². The van der Waals surface area contributed by atoms with Gasteiger partial charge in [0.25, 0.3) is 0 Å². The number of amides is 3. The van der Waals surface area contributed by atoms with E-state index in [0.717, 1.165) is 5.56 Å². The zero-order chi connectivity index (χ0) is 21.3. The Morgan fingerprint density at radius 1 is 1.04 bits per heavy atom. The van der Waals surface area contributed by atoms with Crippen LogP contribution < -0.4 is 22.1 Å². The number of hydrogen-bond donors (Lipinski definition) is 5. The van der Waals surface area contributed by atoms with Crippen molar-refractivity contribution < 1.29 is 24.3 Å². The smallest absolute Gasteiger partial charge is 0.326 e. The van der Waals surface area contributed by atoms with E-state index in [9.17, 15) is 24.3 Å². The maximum absolute atomic E-state index is 12.7. The number of carboxylic acid groups (broad SMARTS) is 1. The van der Waals surface area contributed by atoms with Gasteiger partial charge in [-0.1, -0.05) is 50.6 Å². The molecule has 0 saturated carbocycles. The minimum atomic E-state index is -1.48. The summed E-state index contributed by atoms with van der Waals surface area (Å²) in [5, 5.41) is 14.0. The van der Waals surface area contributed by atoms with Crippen LogP contribution in [0.2, 0.25) is 0 Å². The summed E-state index contributed by atoms with van der Waals surface area (Å²) in [4.78, 5) is 47.4. The first-order chi connectivity index (χ1) is 13.1. The van der Waals surface area contributed by atoms with Crippen molar-refractivity contribution in [3.8, 4) is 0 Å². The molecule has 0 spiro atoms. The molecular weight excluding hydrogens is 364 g/mol. The predicted octanol–water partition coefficient (Wildman–Crippen LogP) is -0.468. The summed E-state index contributed by atoms with van der Waals surface area (Å²) in [5.41, 5.74) is 11.7. The molecule has 1 aromatic rings. The minimum Gasteiger partial charge on any atom is -0.480 e. The van der Waals surface area contributed by atoms with Crippen LogP contribution in [-0.4, -0.2) is 46.9 Å². The van der Waals surface area contributed by atoms with Gasteiger partial charge in [0.15, 0.2) is 0 Å². The van der Waals surface area contributed by atoms with Crippen LogP contribution in [0, 0.1) is 5.92 Å².